The number of carbonyl (C=O) groups is 1. The van der Waals surface area contributed by atoms with Crippen molar-refractivity contribution in [1.82, 2.24) is 0 Å². The van der Waals surface area contributed by atoms with E-state index in [4.69, 9.17) is 28.5 Å². The van der Waals surface area contributed by atoms with E-state index in [1.807, 2.05) is 6.07 Å². The second-order valence-corrected chi connectivity index (χ2v) is 3.61. The van der Waals surface area contributed by atoms with Crippen LogP contribution in [0.15, 0.2) is 18.2 Å². The number of hydrogen-bond acceptors (Lipinski definition) is 2. The number of hydrogen-bond donors (Lipinski definition) is 0. The van der Waals surface area contributed by atoms with Crippen molar-refractivity contribution < 1.29 is 4.79 Å². The molecule has 0 aliphatic carbocycles. The maximum atomic E-state index is 11.4. The molecule has 0 aliphatic heterocycles. The summed E-state index contributed by atoms with van der Waals surface area (Å²) < 4.78 is 0. The molecule has 4 heteroatoms. The maximum absolute atomic E-state index is 11.4. The van der Waals surface area contributed by atoms with E-state index in [0.717, 1.165) is 0 Å². The summed E-state index contributed by atoms with van der Waals surface area (Å²) >= 11 is 11.5. The standard InChI is InChI=1S/C10H7Cl2NO/c11-8-4-7(5-9(12)6-8)10(14)2-1-3-13/h4-6H,1-2H2. The number of ketones is 1. The number of Topliss-reactive ketones (excluding diaryl/α,β-unsaturated/α-hetero) is 1. The molecule has 0 aromatic heterocycles. The zero-order valence-electron chi connectivity index (χ0n) is 7.26. The van der Waals surface area contributed by atoms with Gasteiger partial charge in [-0.2, -0.15) is 5.26 Å². The summed E-state index contributed by atoms with van der Waals surface area (Å²) in [6.45, 7) is 0. The van der Waals surface area contributed by atoms with Gasteiger partial charge >= 0.3 is 0 Å². The molecule has 0 amide bonds. The van der Waals surface area contributed by atoms with Crippen LogP contribution in [0.25, 0.3) is 0 Å². The van der Waals surface area contributed by atoms with Gasteiger partial charge in [-0.1, -0.05) is 23.2 Å². The van der Waals surface area contributed by atoms with Crippen LogP contribution in [0.5, 0.6) is 0 Å². The van der Waals surface area contributed by atoms with Crippen LogP contribution in [-0.4, -0.2) is 5.78 Å². The largest absolute Gasteiger partial charge is 0.294 e. The number of carbonyl (C=O) groups excluding carboxylic acids is 1. The van der Waals surface area contributed by atoms with E-state index in [1.54, 1.807) is 18.2 Å². The summed E-state index contributed by atoms with van der Waals surface area (Å²) in [7, 11) is 0. The number of rotatable bonds is 3. The first-order chi connectivity index (χ1) is 6.63. The molecule has 0 N–H and O–H groups in total. The summed E-state index contributed by atoms with van der Waals surface area (Å²) in [5, 5.41) is 9.17. The van der Waals surface area contributed by atoms with Gasteiger partial charge in [0.05, 0.1) is 6.07 Å². The molecule has 0 radical (unpaired) electrons. The normalized spacial score (nSPS) is 9.50. The summed E-state index contributed by atoms with van der Waals surface area (Å²) in [4.78, 5) is 11.4. The SMILES string of the molecule is N#CCCC(=O)c1cc(Cl)cc(Cl)c1. The Morgan fingerprint density at radius 2 is 1.86 bits per heavy atom. The monoisotopic (exact) mass is 227 g/mol. The van der Waals surface area contributed by atoms with Gasteiger partial charge in [0.1, 0.15) is 0 Å². The summed E-state index contributed by atoms with van der Waals surface area (Å²) in [6.07, 6.45) is 0.413. The van der Waals surface area contributed by atoms with E-state index in [2.05, 4.69) is 0 Å². The van der Waals surface area contributed by atoms with Gasteiger partial charge in [-0.25, -0.2) is 0 Å². The van der Waals surface area contributed by atoms with Crippen molar-refractivity contribution in [1.29, 1.82) is 5.26 Å². The molecule has 0 aliphatic rings. The van der Waals surface area contributed by atoms with E-state index in [0.29, 0.717) is 15.6 Å². The minimum atomic E-state index is -0.115. The molecule has 0 fully saturated rings. The maximum Gasteiger partial charge on any atom is 0.164 e. The molecule has 72 valence electrons. The van der Waals surface area contributed by atoms with E-state index >= 15 is 0 Å². The van der Waals surface area contributed by atoms with Crippen molar-refractivity contribution in [3.05, 3.63) is 33.8 Å². The Labute approximate surface area is 92.1 Å². The van der Waals surface area contributed by atoms with E-state index in [-0.39, 0.29) is 18.6 Å². The summed E-state index contributed by atoms with van der Waals surface area (Å²) in [5.74, 6) is -0.115. The second kappa shape index (κ2) is 4.99. The average Bonchev–Trinajstić information content (AvgIpc) is 2.12. The van der Waals surface area contributed by atoms with Crippen LogP contribution in [0, 0.1) is 11.3 Å². The third-order valence-electron chi connectivity index (χ3n) is 1.65. The number of nitriles is 1. The van der Waals surface area contributed by atoms with E-state index in [9.17, 15) is 4.79 Å². The van der Waals surface area contributed by atoms with Crippen LogP contribution >= 0.6 is 23.2 Å². The predicted molar refractivity (Wildman–Crippen MR) is 55.6 cm³/mol. The van der Waals surface area contributed by atoms with Crippen LogP contribution < -0.4 is 0 Å². The fourth-order valence-electron chi connectivity index (χ4n) is 1.03. The third-order valence-corrected chi connectivity index (χ3v) is 2.08. The Morgan fingerprint density at radius 3 is 2.36 bits per heavy atom. The van der Waals surface area contributed by atoms with Crippen molar-refractivity contribution in [2.24, 2.45) is 0 Å². The minimum absolute atomic E-state index is 0.115. The Bertz CT molecular complexity index is 375. The molecule has 1 aromatic carbocycles. The zero-order valence-corrected chi connectivity index (χ0v) is 8.77. The zero-order chi connectivity index (χ0) is 10.6. The van der Waals surface area contributed by atoms with Crippen molar-refractivity contribution in [2.75, 3.05) is 0 Å². The van der Waals surface area contributed by atoms with Crippen LogP contribution in [0.1, 0.15) is 23.2 Å². The fraction of sp³-hybridized carbons (Fsp3) is 0.200. The van der Waals surface area contributed by atoms with Gasteiger partial charge in [-0.3, -0.25) is 4.79 Å². The highest BCUT2D eigenvalue weighted by molar-refractivity contribution is 6.35. The minimum Gasteiger partial charge on any atom is -0.294 e. The van der Waals surface area contributed by atoms with Crippen molar-refractivity contribution in [2.45, 2.75) is 12.8 Å². The van der Waals surface area contributed by atoms with Gasteiger partial charge in [0, 0.05) is 28.5 Å². The molecular weight excluding hydrogens is 221 g/mol. The van der Waals surface area contributed by atoms with Gasteiger partial charge in [0.15, 0.2) is 5.78 Å². The molecule has 1 rings (SSSR count). The highest BCUT2D eigenvalue weighted by Gasteiger charge is 2.07. The highest BCUT2D eigenvalue weighted by atomic mass is 35.5. The Kier molecular flexibility index (Phi) is 3.94. The molecule has 0 saturated heterocycles. The lowest BCUT2D eigenvalue weighted by molar-refractivity contribution is 0.0984. The molecule has 0 atom stereocenters. The highest BCUT2D eigenvalue weighted by Crippen LogP contribution is 2.20. The lowest BCUT2D eigenvalue weighted by Crippen LogP contribution is -1.98. The lowest BCUT2D eigenvalue weighted by atomic mass is 10.1. The van der Waals surface area contributed by atoms with Crippen molar-refractivity contribution in [3.63, 3.8) is 0 Å². The Balaban J connectivity index is 2.85. The van der Waals surface area contributed by atoms with Crippen LogP contribution in [0.2, 0.25) is 10.0 Å². The summed E-state index contributed by atoms with van der Waals surface area (Å²) in [5.41, 5.74) is 0.456. The van der Waals surface area contributed by atoms with Gasteiger partial charge in [0.2, 0.25) is 0 Å². The molecular formula is C10H7Cl2NO. The quantitative estimate of drug-likeness (QED) is 0.743. The molecule has 1 aromatic rings. The van der Waals surface area contributed by atoms with Crippen LogP contribution in [0.4, 0.5) is 0 Å². The van der Waals surface area contributed by atoms with Gasteiger partial charge in [-0.15, -0.1) is 0 Å². The van der Waals surface area contributed by atoms with E-state index in [1.165, 1.54) is 0 Å². The van der Waals surface area contributed by atoms with Crippen LogP contribution in [-0.2, 0) is 0 Å². The van der Waals surface area contributed by atoms with Gasteiger partial charge in [-0.05, 0) is 18.2 Å². The smallest absolute Gasteiger partial charge is 0.164 e. The first-order valence-corrected chi connectivity index (χ1v) is 4.75. The number of halogens is 2. The second-order valence-electron chi connectivity index (χ2n) is 2.74. The first kappa shape index (κ1) is 11.0. The lowest BCUT2D eigenvalue weighted by Gasteiger charge is -2.00. The Morgan fingerprint density at radius 1 is 1.29 bits per heavy atom. The topological polar surface area (TPSA) is 40.9 Å². The first-order valence-electron chi connectivity index (χ1n) is 3.99. The average molecular weight is 228 g/mol. The summed E-state index contributed by atoms with van der Waals surface area (Å²) in [6, 6.07) is 6.57. The number of benzene rings is 1. The molecule has 0 bridgehead atoms. The van der Waals surface area contributed by atoms with E-state index < -0.39 is 0 Å². The molecule has 0 saturated carbocycles. The molecule has 2 nitrogen and oxygen atoms in total. The third kappa shape index (κ3) is 3.02. The molecule has 0 spiro atoms. The van der Waals surface area contributed by atoms with Gasteiger partial charge in [0.25, 0.3) is 0 Å². The van der Waals surface area contributed by atoms with Crippen molar-refractivity contribution >= 4 is 29.0 Å². The fourth-order valence-corrected chi connectivity index (χ4v) is 1.55. The predicted octanol–water partition coefficient (Wildman–Crippen LogP) is 3.48. The molecule has 14 heavy (non-hydrogen) atoms. The van der Waals surface area contributed by atoms with Gasteiger partial charge < -0.3 is 0 Å². The molecule has 0 heterocycles. The Hall–Kier alpha value is -1.04. The van der Waals surface area contributed by atoms with Crippen molar-refractivity contribution in [3.8, 4) is 6.07 Å². The number of nitrogens with zero attached hydrogens (tertiary/aromatic N) is 1. The van der Waals surface area contributed by atoms with Crippen LogP contribution in [0.3, 0.4) is 0 Å². The molecule has 0 unspecified atom stereocenters.